The molecule has 0 saturated heterocycles. The summed E-state index contributed by atoms with van der Waals surface area (Å²) in [5.74, 6) is -0.625. The average molecular weight is 367 g/mol. The molecule has 1 atom stereocenters. The van der Waals surface area contributed by atoms with Crippen molar-refractivity contribution in [2.24, 2.45) is 0 Å². The molecular weight excluding hydrogens is 334 g/mol. The lowest BCUT2D eigenvalue weighted by Crippen LogP contribution is -2.38. The maximum Gasteiger partial charge on any atom is 0.251 e. The molecular formula is C16H33NO8. The minimum absolute atomic E-state index is 0.253. The maximum atomic E-state index is 11.1. The summed E-state index contributed by atoms with van der Waals surface area (Å²) in [5, 5.41) is 19.9. The number of amides is 1. The molecule has 9 heteroatoms. The van der Waals surface area contributed by atoms with Crippen LogP contribution < -0.4 is 5.32 Å². The van der Waals surface area contributed by atoms with Gasteiger partial charge in [0.2, 0.25) is 0 Å². The fourth-order valence-corrected chi connectivity index (χ4v) is 1.34. The van der Waals surface area contributed by atoms with E-state index < -0.39 is 18.6 Å². The van der Waals surface area contributed by atoms with Crippen molar-refractivity contribution in [2.45, 2.75) is 26.4 Å². The summed E-state index contributed by atoms with van der Waals surface area (Å²) < 4.78 is 20.8. The highest BCUT2D eigenvalue weighted by Crippen LogP contribution is 1.84. The third kappa shape index (κ3) is 20.9. The van der Waals surface area contributed by atoms with E-state index in [2.05, 4.69) is 5.32 Å². The Labute approximate surface area is 149 Å². The molecule has 0 saturated carbocycles. The van der Waals surface area contributed by atoms with Gasteiger partial charge in [0.1, 0.15) is 6.29 Å². The zero-order valence-electron chi connectivity index (χ0n) is 15.3. The molecule has 25 heavy (non-hydrogen) atoms. The molecule has 0 spiro atoms. The van der Waals surface area contributed by atoms with Crippen molar-refractivity contribution in [3.8, 4) is 0 Å². The van der Waals surface area contributed by atoms with Crippen LogP contribution >= 0.6 is 0 Å². The Bertz CT molecular complexity index is 291. The fraction of sp³-hybridized carbons (Fsp3) is 0.875. The van der Waals surface area contributed by atoms with Gasteiger partial charge in [-0.05, 0) is 0 Å². The summed E-state index contributed by atoms with van der Waals surface area (Å²) in [7, 11) is 0. The quantitative estimate of drug-likeness (QED) is 0.224. The molecule has 1 amide bonds. The van der Waals surface area contributed by atoms with Crippen molar-refractivity contribution in [1.82, 2.24) is 5.32 Å². The predicted molar refractivity (Wildman–Crippen MR) is 91.4 cm³/mol. The summed E-state index contributed by atoms with van der Waals surface area (Å²) in [4.78, 5) is 21.1. The second-order valence-electron chi connectivity index (χ2n) is 4.39. The monoisotopic (exact) mass is 367 g/mol. The van der Waals surface area contributed by atoms with Crippen molar-refractivity contribution in [3.05, 3.63) is 0 Å². The maximum absolute atomic E-state index is 11.1. The Kier molecular flexibility index (Phi) is 23.9. The molecule has 0 bridgehead atoms. The van der Waals surface area contributed by atoms with E-state index in [4.69, 9.17) is 29.2 Å². The van der Waals surface area contributed by atoms with E-state index in [0.717, 1.165) is 6.29 Å². The van der Waals surface area contributed by atoms with Crippen LogP contribution in [0.3, 0.4) is 0 Å². The summed E-state index contributed by atoms with van der Waals surface area (Å²) in [6, 6.07) is 0. The van der Waals surface area contributed by atoms with Crippen LogP contribution in [0.5, 0.6) is 0 Å². The van der Waals surface area contributed by atoms with E-state index >= 15 is 0 Å². The number of carbonyl (C=O) groups excluding carboxylic acids is 2. The van der Waals surface area contributed by atoms with Crippen molar-refractivity contribution < 1.29 is 38.7 Å². The third-order valence-electron chi connectivity index (χ3n) is 2.52. The van der Waals surface area contributed by atoms with E-state index in [1.807, 2.05) is 13.8 Å². The number of hydrogen-bond acceptors (Lipinski definition) is 8. The van der Waals surface area contributed by atoms with E-state index in [9.17, 15) is 9.59 Å². The van der Waals surface area contributed by atoms with Crippen molar-refractivity contribution in [1.29, 1.82) is 0 Å². The molecule has 9 nitrogen and oxygen atoms in total. The zero-order valence-corrected chi connectivity index (χ0v) is 15.3. The van der Waals surface area contributed by atoms with Gasteiger partial charge in [0, 0.05) is 13.0 Å². The molecule has 0 aromatic rings. The SMILES string of the molecule is CC.O=CCCOCCOCCOCCOCCNC(=O)C(O)CO. The molecule has 0 fully saturated rings. The number of rotatable bonds is 17. The Hall–Kier alpha value is -1.10. The number of aliphatic hydroxyl groups excluding tert-OH is 2. The minimum atomic E-state index is -1.39. The summed E-state index contributed by atoms with van der Waals surface area (Å²) >= 11 is 0. The molecule has 0 aromatic heterocycles. The number of aldehydes is 1. The molecule has 0 aliphatic carbocycles. The Morgan fingerprint density at radius 2 is 1.36 bits per heavy atom. The third-order valence-corrected chi connectivity index (χ3v) is 2.52. The van der Waals surface area contributed by atoms with Gasteiger partial charge in [-0.2, -0.15) is 0 Å². The molecule has 0 aliphatic heterocycles. The average Bonchev–Trinajstić information content (AvgIpc) is 2.65. The first kappa shape index (κ1) is 26.1. The summed E-state index contributed by atoms with van der Waals surface area (Å²) in [6.07, 6.45) is -0.188. The van der Waals surface area contributed by atoms with Gasteiger partial charge in [0.15, 0.2) is 6.10 Å². The molecule has 0 heterocycles. The standard InChI is InChI=1S/C14H27NO8.C2H6/c16-3-1-4-20-6-8-22-10-11-23-9-7-21-5-2-15-14(19)13(18)12-17;1-2/h3,13,17-18H,1-2,4-12H2,(H,15,19);1-2H3. The topological polar surface area (TPSA) is 124 Å². The largest absolute Gasteiger partial charge is 0.393 e. The first-order valence-electron chi connectivity index (χ1n) is 8.53. The first-order valence-corrected chi connectivity index (χ1v) is 8.53. The summed E-state index contributed by atoms with van der Waals surface area (Å²) in [5.41, 5.74) is 0. The van der Waals surface area contributed by atoms with Crippen LogP contribution in [0.15, 0.2) is 0 Å². The number of nitrogens with one attached hydrogen (secondary N) is 1. The highest BCUT2D eigenvalue weighted by atomic mass is 16.6. The van der Waals surface area contributed by atoms with E-state index in [1.165, 1.54) is 0 Å². The summed E-state index contributed by atoms with van der Waals surface area (Å²) in [6.45, 7) is 6.95. The van der Waals surface area contributed by atoms with E-state index in [1.54, 1.807) is 0 Å². The van der Waals surface area contributed by atoms with Crippen LogP contribution in [-0.4, -0.2) is 94.5 Å². The van der Waals surface area contributed by atoms with Gasteiger partial charge in [-0.15, -0.1) is 0 Å². The van der Waals surface area contributed by atoms with Gasteiger partial charge in [0.05, 0.1) is 59.5 Å². The van der Waals surface area contributed by atoms with Gasteiger partial charge in [-0.1, -0.05) is 13.8 Å². The number of hydrogen-bond donors (Lipinski definition) is 3. The molecule has 1 unspecified atom stereocenters. The van der Waals surface area contributed by atoms with Crippen LogP contribution in [0.1, 0.15) is 20.3 Å². The van der Waals surface area contributed by atoms with Crippen LogP contribution in [0.4, 0.5) is 0 Å². The normalized spacial score (nSPS) is 11.4. The molecule has 0 aromatic carbocycles. The predicted octanol–water partition coefficient (Wildman–Crippen LogP) is -0.863. The van der Waals surface area contributed by atoms with Crippen LogP contribution in [-0.2, 0) is 28.5 Å². The Morgan fingerprint density at radius 3 is 1.80 bits per heavy atom. The van der Waals surface area contributed by atoms with Crippen molar-refractivity contribution in [3.63, 3.8) is 0 Å². The van der Waals surface area contributed by atoms with Crippen molar-refractivity contribution in [2.75, 3.05) is 66.0 Å². The number of carbonyl (C=O) groups is 2. The Morgan fingerprint density at radius 1 is 0.920 bits per heavy atom. The van der Waals surface area contributed by atoms with Crippen LogP contribution in [0.25, 0.3) is 0 Å². The van der Waals surface area contributed by atoms with Gasteiger partial charge >= 0.3 is 0 Å². The van der Waals surface area contributed by atoms with Crippen LogP contribution in [0.2, 0.25) is 0 Å². The minimum Gasteiger partial charge on any atom is -0.393 e. The molecule has 0 radical (unpaired) electrons. The van der Waals surface area contributed by atoms with Gasteiger partial charge < -0.3 is 39.3 Å². The Balaban J connectivity index is 0. The first-order chi connectivity index (χ1) is 12.2. The van der Waals surface area contributed by atoms with E-state index in [-0.39, 0.29) is 6.54 Å². The molecule has 150 valence electrons. The fourth-order valence-electron chi connectivity index (χ4n) is 1.34. The lowest BCUT2D eigenvalue weighted by molar-refractivity contribution is -0.131. The van der Waals surface area contributed by atoms with Gasteiger partial charge in [-0.25, -0.2) is 0 Å². The molecule has 0 aliphatic rings. The smallest absolute Gasteiger partial charge is 0.251 e. The lowest BCUT2D eigenvalue weighted by Gasteiger charge is -2.09. The highest BCUT2D eigenvalue weighted by molar-refractivity contribution is 5.80. The lowest BCUT2D eigenvalue weighted by atomic mass is 10.3. The highest BCUT2D eigenvalue weighted by Gasteiger charge is 2.11. The van der Waals surface area contributed by atoms with Crippen LogP contribution in [0, 0.1) is 0 Å². The van der Waals surface area contributed by atoms with Gasteiger partial charge in [-0.3, -0.25) is 4.79 Å². The second-order valence-corrected chi connectivity index (χ2v) is 4.39. The van der Waals surface area contributed by atoms with Gasteiger partial charge in [0.25, 0.3) is 5.91 Å². The number of ether oxygens (including phenoxy) is 4. The second kappa shape index (κ2) is 22.9. The molecule has 0 rings (SSSR count). The zero-order chi connectivity index (χ0) is 19.2. The van der Waals surface area contributed by atoms with E-state index in [0.29, 0.717) is 59.3 Å². The van der Waals surface area contributed by atoms with Crippen molar-refractivity contribution >= 4 is 12.2 Å². The number of aliphatic hydroxyl groups is 2. The molecule has 3 N–H and O–H groups in total.